The molecule has 0 saturated heterocycles. The van der Waals surface area contributed by atoms with Gasteiger partial charge in [0.05, 0.1) is 6.10 Å². The van der Waals surface area contributed by atoms with Gasteiger partial charge >= 0.3 is 0 Å². The zero-order chi connectivity index (χ0) is 12.4. The third-order valence-electron chi connectivity index (χ3n) is 4.03. The minimum absolute atomic E-state index is 0.211. The Hall–Kier alpha value is -1.60. The lowest BCUT2D eigenvalue weighted by atomic mass is 9.83. The second kappa shape index (κ2) is 4.95. The summed E-state index contributed by atoms with van der Waals surface area (Å²) in [5.74, 6) is 0.692. The summed E-state index contributed by atoms with van der Waals surface area (Å²) in [6.07, 6.45) is 1.77. The molecule has 0 aliphatic heterocycles. The van der Waals surface area contributed by atoms with Crippen LogP contribution >= 0.6 is 0 Å². The van der Waals surface area contributed by atoms with E-state index >= 15 is 0 Å². The van der Waals surface area contributed by atoms with Crippen LogP contribution in [-0.4, -0.2) is 11.2 Å². The minimum atomic E-state index is -0.211. The predicted molar refractivity (Wildman–Crippen MR) is 73.6 cm³/mol. The topological polar surface area (TPSA) is 20.2 Å². The molecule has 0 amide bonds. The van der Waals surface area contributed by atoms with Crippen LogP contribution in [0.4, 0.5) is 0 Å². The molecule has 3 atom stereocenters. The summed E-state index contributed by atoms with van der Waals surface area (Å²) in [6, 6.07) is 21.0. The average molecular weight is 238 g/mol. The molecule has 1 aliphatic carbocycles. The first-order valence-electron chi connectivity index (χ1n) is 6.64. The Morgan fingerprint density at radius 1 is 0.722 bits per heavy atom. The number of aliphatic hydroxyl groups is 1. The van der Waals surface area contributed by atoms with Gasteiger partial charge in [-0.25, -0.2) is 0 Å². The van der Waals surface area contributed by atoms with Crippen LogP contribution in [0.15, 0.2) is 60.7 Å². The third-order valence-corrected chi connectivity index (χ3v) is 4.03. The van der Waals surface area contributed by atoms with E-state index in [9.17, 15) is 5.11 Å². The zero-order valence-electron chi connectivity index (χ0n) is 10.4. The molecule has 1 nitrogen and oxygen atoms in total. The Labute approximate surface area is 108 Å². The summed E-state index contributed by atoms with van der Waals surface area (Å²) in [7, 11) is 0. The number of hydrogen-bond acceptors (Lipinski definition) is 1. The van der Waals surface area contributed by atoms with Crippen molar-refractivity contribution in [2.45, 2.75) is 30.8 Å². The molecule has 18 heavy (non-hydrogen) atoms. The van der Waals surface area contributed by atoms with E-state index in [1.54, 1.807) is 0 Å². The molecule has 2 aromatic carbocycles. The predicted octanol–water partition coefficient (Wildman–Crippen LogP) is 3.71. The minimum Gasteiger partial charge on any atom is -0.392 e. The van der Waals surface area contributed by atoms with Crippen molar-refractivity contribution in [3.63, 3.8) is 0 Å². The normalized spacial score (nSPS) is 27.3. The van der Waals surface area contributed by atoms with E-state index in [-0.39, 0.29) is 12.0 Å². The standard InChI is InChI=1S/C17H18O/c18-16-12-11-15(13-7-3-1-4-8-13)17(16)14-9-5-2-6-10-14/h1-10,15-18H,11-12H2/t15-,16?,17-/m1/s1. The van der Waals surface area contributed by atoms with Crippen molar-refractivity contribution >= 4 is 0 Å². The molecule has 0 aromatic heterocycles. The molecule has 1 unspecified atom stereocenters. The summed E-state index contributed by atoms with van der Waals surface area (Å²) in [5, 5.41) is 10.3. The van der Waals surface area contributed by atoms with E-state index in [4.69, 9.17) is 0 Å². The first kappa shape index (κ1) is 11.5. The monoisotopic (exact) mass is 238 g/mol. The quantitative estimate of drug-likeness (QED) is 0.845. The van der Waals surface area contributed by atoms with Crippen LogP contribution in [0.3, 0.4) is 0 Å². The molecule has 92 valence electrons. The lowest BCUT2D eigenvalue weighted by molar-refractivity contribution is 0.160. The van der Waals surface area contributed by atoms with Crippen LogP contribution in [-0.2, 0) is 0 Å². The molecule has 1 aliphatic rings. The maximum Gasteiger partial charge on any atom is 0.0614 e. The number of hydrogen-bond donors (Lipinski definition) is 1. The van der Waals surface area contributed by atoms with Gasteiger partial charge in [-0.3, -0.25) is 0 Å². The molecule has 1 fully saturated rings. The first-order chi connectivity index (χ1) is 8.86. The summed E-state index contributed by atoms with van der Waals surface area (Å²) in [4.78, 5) is 0. The van der Waals surface area contributed by atoms with E-state index in [1.807, 2.05) is 12.1 Å². The lowest BCUT2D eigenvalue weighted by Gasteiger charge is -2.23. The van der Waals surface area contributed by atoms with Crippen LogP contribution in [0, 0.1) is 0 Å². The van der Waals surface area contributed by atoms with E-state index in [2.05, 4.69) is 48.5 Å². The summed E-state index contributed by atoms with van der Waals surface area (Å²) in [5.41, 5.74) is 2.61. The van der Waals surface area contributed by atoms with Crippen molar-refractivity contribution in [2.75, 3.05) is 0 Å². The van der Waals surface area contributed by atoms with E-state index < -0.39 is 0 Å². The van der Waals surface area contributed by atoms with Crippen LogP contribution in [0.1, 0.15) is 35.8 Å². The number of aliphatic hydroxyl groups excluding tert-OH is 1. The van der Waals surface area contributed by atoms with Gasteiger partial charge in [-0.15, -0.1) is 0 Å². The Balaban J connectivity index is 1.96. The van der Waals surface area contributed by atoms with E-state index in [0.717, 1.165) is 12.8 Å². The second-order valence-electron chi connectivity index (χ2n) is 5.10. The first-order valence-corrected chi connectivity index (χ1v) is 6.64. The van der Waals surface area contributed by atoms with Crippen LogP contribution in [0.5, 0.6) is 0 Å². The van der Waals surface area contributed by atoms with Gasteiger partial charge in [0.25, 0.3) is 0 Å². The van der Waals surface area contributed by atoms with Gasteiger partial charge < -0.3 is 5.11 Å². The molecule has 1 saturated carbocycles. The van der Waals surface area contributed by atoms with Crippen molar-refractivity contribution in [1.82, 2.24) is 0 Å². The highest BCUT2D eigenvalue weighted by Gasteiger charge is 2.36. The molecular weight excluding hydrogens is 220 g/mol. The zero-order valence-corrected chi connectivity index (χ0v) is 10.4. The third kappa shape index (κ3) is 2.06. The number of benzene rings is 2. The van der Waals surface area contributed by atoms with Crippen LogP contribution < -0.4 is 0 Å². The summed E-state index contributed by atoms with van der Waals surface area (Å²) >= 11 is 0. The maximum atomic E-state index is 10.3. The highest BCUT2D eigenvalue weighted by atomic mass is 16.3. The van der Waals surface area contributed by atoms with Gasteiger partial charge in [0.2, 0.25) is 0 Å². The molecule has 1 N–H and O–H groups in total. The fraction of sp³-hybridized carbons (Fsp3) is 0.294. The highest BCUT2D eigenvalue weighted by Crippen LogP contribution is 2.45. The second-order valence-corrected chi connectivity index (χ2v) is 5.10. The fourth-order valence-corrected chi connectivity index (χ4v) is 3.18. The lowest BCUT2D eigenvalue weighted by Crippen LogP contribution is -2.15. The smallest absolute Gasteiger partial charge is 0.0614 e. The van der Waals surface area contributed by atoms with E-state index in [0.29, 0.717) is 5.92 Å². The van der Waals surface area contributed by atoms with Gasteiger partial charge in [-0.1, -0.05) is 60.7 Å². The van der Waals surface area contributed by atoms with Gasteiger partial charge in [-0.05, 0) is 29.9 Å². The average Bonchev–Trinajstić information content (AvgIpc) is 2.83. The van der Waals surface area contributed by atoms with Gasteiger partial charge in [0.1, 0.15) is 0 Å². The molecular formula is C17H18O. The van der Waals surface area contributed by atoms with Crippen molar-refractivity contribution in [1.29, 1.82) is 0 Å². The highest BCUT2D eigenvalue weighted by molar-refractivity contribution is 5.31. The van der Waals surface area contributed by atoms with Crippen molar-refractivity contribution in [2.24, 2.45) is 0 Å². The summed E-state index contributed by atoms with van der Waals surface area (Å²) < 4.78 is 0. The van der Waals surface area contributed by atoms with Crippen molar-refractivity contribution < 1.29 is 5.11 Å². The Morgan fingerprint density at radius 2 is 1.28 bits per heavy atom. The van der Waals surface area contributed by atoms with E-state index in [1.165, 1.54) is 11.1 Å². The molecule has 3 rings (SSSR count). The van der Waals surface area contributed by atoms with Crippen molar-refractivity contribution in [3.8, 4) is 0 Å². The fourth-order valence-electron chi connectivity index (χ4n) is 3.18. The molecule has 2 aromatic rings. The Morgan fingerprint density at radius 3 is 1.89 bits per heavy atom. The van der Waals surface area contributed by atoms with Gasteiger partial charge in [0, 0.05) is 5.92 Å². The molecule has 0 radical (unpaired) electrons. The molecule has 1 heteroatoms. The number of rotatable bonds is 2. The SMILES string of the molecule is OC1CC[C@H](c2ccccc2)[C@H]1c1ccccc1. The Bertz CT molecular complexity index is 492. The van der Waals surface area contributed by atoms with Gasteiger partial charge in [-0.2, -0.15) is 0 Å². The summed E-state index contributed by atoms with van der Waals surface area (Å²) in [6.45, 7) is 0. The Kier molecular flexibility index (Phi) is 3.16. The largest absolute Gasteiger partial charge is 0.392 e. The molecule has 0 bridgehead atoms. The van der Waals surface area contributed by atoms with Gasteiger partial charge in [0.15, 0.2) is 0 Å². The molecule has 0 heterocycles. The molecule has 0 spiro atoms. The van der Waals surface area contributed by atoms with Crippen LogP contribution in [0.2, 0.25) is 0 Å². The van der Waals surface area contributed by atoms with Crippen molar-refractivity contribution in [3.05, 3.63) is 71.8 Å². The van der Waals surface area contributed by atoms with Crippen LogP contribution in [0.25, 0.3) is 0 Å². The maximum absolute atomic E-state index is 10.3.